The van der Waals surface area contributed by atoms with Crippen molar-refractivity contribution in [3.8, 4) is 46.1 Å². The van der Waals surface area contributed by atoms with Gasteiger partial charge in [0.2, 0.25) is 0 Å². The van der Waals surface area contributed by atoms with Crippen LogP contribution in [0.3, 0.4) is 0 Å². The van der Waals surface area contributed by atoms with Gasteiger partial charge in [-0.2, -0.15) is 0 Å². The molecule has 0 amide bonds. The molecule has 8 bridgehead atoms. The van der Waals surface area contributed by atoms with Crippen molar-refractivity contribution < 1.29 is 21.0 Å². The van der Waals surface area contributed by atoms with Crippen LogP contribution in [0.2, 0.25) is 0 Å². The average Bonchev–Trinajstić information content (AvgIpc) is 4.15. The van der Waals surface area contributed by atoms with Crippen molar-refractivity contribution >= 4 is 132 Å². The Bertz CT molecular complexity index is 4600. The van der Waals surface area contributed by atoms with Crippen molar-refractivity contribution in [3.05, 3.63) is 146 Å². The third-order valence-electron chi connectivity index (χ3n) is 13.5. The van der Waals surface area contributed by atoms with Crippen LogP contribution in [-0.4, -0.2) is 69.8 Å². The van der Waals surface area contributed by atoms with Crippen molar-refractivity contribution in [2.24, 2.45) is 0 Å². The second-order valence-corrected chi connectivity index (χ2v) is 17.9. The summed E-state index contributed by atoms with van der Waals surface area (Å²) in [5, 5.41) is 8.12. The van der Waals surface area contributed by atoms with E-state index in [0.717, 1.165) is 60.5 Å². The third-order valence-corrected chi connectivity index (χ3v) is 13.5. The van der Waals surface area contributed by atoms with Crippen LogP contribution in [0.1, 0.15) is 0 Å². The third kappa shape index (κ3) is 6.11. The minimum absolute atomic E-state index is 0.220. The molecular formula is C56H24N16OV. The number of rotatable bonds is 0. The molecule has 17 rings (SSSR count). The van der Waals surface area contributed by atoms with E-state index in [-0.39, 0.29) is 45.9 Å². The Hall–Kier alpha value is -10.1. The fourth-order valence-electron chi connectivity index (χ4n) is 10.1. The van der Waals surface area contributed by atoms with Gasteiger partial charge in [0.25, 0.3) is 0 Å². The molecule has 0 saturated carbocycles. The first-order valence-corrected chi connectivity index (χ1v) is 23.8. The van der Waals surface area contributed by atoms with Gasteiger partial charge in [0.15, 0.2) is 0 Å². The van der Waals surface area contributed by atoms with E-state index in [1.807, 2.05) is 146 Å². The first-order chi connectivity index (χ1) is 36.5. The van der Waals surface area contributed by atoms with E-state index in [1.165, 1.54) is 0 Å². The fourth-order valence-corrected chi connectivity index (χ4v) is 10.1. The summed E-state index contributed by atoms with van der Waals surface area (Å²) in [6.45, 7) is 0. The minimum atomic E-state index is 0.220. The molecule has 0 radical (unpaired) electrons. The van der Waals surface area contributed by atoms with E-state index >= 15 is 0 Å². The summed E-state index contributed by atoms with van der Waals surface area (Å²) in [4.78, 5) is 82.5. The van der Waals surface area contributed by atoms with Crippen LogP contribution in [0.15, 0.2) is 146 Å². The quantitative estimate of drug-likeness (QED) is 0.129. The zero-order valence-electron chi connectivity index (χ0n) is 37.9. The Kier molecular flexibility index (Phi) is 8.35. The molecule has 17 nitrogen and oxygen atoms in total. The van der Waals surface area contributed by atoms with Crippen LogP contribution in [-0.2, 0) is 21.0 Å². The Balaban J connectivity index is 0.00000230. The smallest absolute Gasteiger partial charge is 0.121 e. The molecule has 0 spiro atoms. The van der Waals surface area contributed by atoms with Gasteiger partial charge in [-0.25, -0.2) is 49.8 Å². The van der Waals surface area contributed by atoms with Crippen molar-refractivity contribution in [2.45, 2.75) is 0 Å². The SMILES string of the molecule is [O]=[V+2].c1ccc2cc3nc4c(nc3cc2c1)-c1nc-4nc2[n-]c(nc3nc(nc4[n-]c(n1)c1nc5cc6ccccc6cc5nc41)-c1nc4cc5ccccc5cc4nc1-3)c1nc3cc4ccccc4cc3nc21. The molecule has 0 fully saturated rings. The van der Waals surface area contributed by atoms with E-state index in [4.69, 9.17) is 83.4 Å². The number of fused-ring (bicyclic) bond motifs is 28. The molecule has 2 aliphatic rings. The molecular weight excluding hydrogens is 964 g/mol. The molecule has 18 heteroatoms. The van der Waals surface area contributed by atoms with Gasteiger partial charge in [0, 0.05) is 22.6 Å². The van der Waals surface area contributed by atoms with Gasteiger partial charge >= 0.3 is 21.0 Å². The molecule has 0 N–H and O–H groups in total. The maximum atomic E-state index is 8.19. The van der Waals surface area contributed by atoms with Crippen LogP contribution < -0.4 is 9.97 Å². The maximum absolute atomic E-state index is 8.19. The second kappa shape index (κ2) is 15.2. The van der Waals surface area contributed by atoms with E-state index in [2.05, 4.69) is 0 Å². The molecule has 339 valence electrons. The van der Waals surface area contributed by atoms with E-state index in [1.54, 1.807) is 0 Å². The molecule has 0 saturated heterocycles. The van der Waals surface area contributed by atoms with Crippen LogP contribution in [0.4, 0.5) is 0 Å². The monoisotopic (exact) mass is 987 g/mol. The summed E-state index contributed by atoms with van der Waals surface area (Å²) < 4.78 is 8.19. The van der Waals surface area contributed by atoms with E-state index in [9.17, 15) is 0 Å². The van der Waals surface area contributed by atoms with Crippen LogP contribution >= 0.6 is 0 Å². The Labute approximate surface area is 422 Å². The second-order valence-electron chi connectivity index (χ2n) is 17.9. The Morgan fingerprint density at radius 3 is 0.635 bits per heavy atom. The van der Waals surface area contributed by atoms with Gasteiger partial charge in [-0.05, 0) is 91.6 Å². The number of benzene rings is 8. The summed E-state index contributed by atoms with van der Waals surface area (Å²) in [7, 11) is 0. The van der Waals surface area contributed by atoms with Gasteiger partial charge in [-0.15, -0.1) is 0 Å². The van der Waals surface area contributed by atoms with Crippen LogP contribution in [0.5, 0.6) is 0 Å². The first kappa shape index (κ1) is 40.6. The normalized spacial score (nSPS) is 12.2. The molecule has 74 heavy (non-hydrogen) atoms. The van der Waals surface area contributed by atoms with E-state index < -0.39 is 0 Å². The molecule has 0 atom stereocenters. The van der Waals surface area contributed by atoms with Gasteiger partial charge in [0.1, 0.15) is 68.1 Å². The fraction of sp³-hybridized carbons (Fsp3) is 0. The number of hydrogen-bond donors (Lipinski definition) is 0. The Morgan fingerprint density at radius 2 is 0.432 bits per heavy atom. The minimum Gasteiger partial charge on any atom is -0.354 e. The maximum Gasteiger partial charge on any atom is 0.121 e. The summed E-state index contributed by atoms with van der Waals surface area (Å²) in [6, 6.07) is 48.5. The van der Waals surface area contributed by atoms with Crippen molar-refractivity contribution in [1.82, 2.24) is 79.7 Å². The van der Waals surface area contributed by atoms with Crippen molar-refractivity contribution in [1.29, 1.82) is 0 Å². The molecule has 7 aromatic heterocycles. The number of nitrogens with zero attached hydrogens (tertiary/aromatic N) is 16. The van der Waals surface area contributed by atoms with E-state index in [0.29, 0.717) is 89.0 Å². The van der Waals surface area contributed by atoms with Gasteiger partial charge in [-0.3, -0.25) is 0 Å². The largest absolute Gasteiger partial charge is 0.354 e. The molecule has 2 aliphatic heterocycles. The zero-order chi connectivity index (χ0) is 48.8. The van der Waals surface area contributed by atoms with Gasteiger partial charge in [0.05, 0.1) is 44.1 Å². The van der Waals surface area contributed by atoms with Crippen LogP contribution in [0.25, 0.3) is 178 Å². The van der Waals surface area contributed by atoms with Crippen LogP contribution in [0, 0.1) is 0 Å². The average molecular weight is 988 g/mol. The van der Waals surface area contributed by atoms with Gasteiger partial charge in [-0.1, -0.05) is 97.1 Å². The summed E-state index contributed by atoms with van der Waals surface area (Å²) in [5.41, 5.74) is 9.37. The number of hydrogen-bond acceptors (Lipinski definition) is 15. The first-order valence-electron chi connectivity index (χ1n) is 23.3. The zero-order valence-corrected chi connectivity index (χ0v) is 39.3. The van der Waals surface area contributed by atoms with Gasteiger partial charge < -0.3 is 29.9 Å². The molecule has 0 aliphatic carbocycles. The standard InChI is InChI=1S/C56H24N16.O.V/c1-2-10-26-18-34-33(17-25(26)9-1)57-41-42(58-34)50-65-49(41)69-51-43-44(60-36-20-28-12-4-3-11-27(28)19-35(36)59-43)53(66-51)71-55-47-48(64-40-24-32-16-8-7-15-31(32)23-39(40)63-47)56(68-55)72-54-46-45(52(67-54)70-50)61-37-21-29-13-5-6-14-30(29)22-38(37)62-46;;/h1-24H;;/q-2;;+2. The van der Waals surface area contributed by atoms with Crippen molar-refractivity contribution in [2.75, 3.05) is 0 Å². The molecule has 8 aromatic carbocycles. The number of aromatic nitrogens is 16. The molecule has 15 aromatic rings. The Morgan fingerprint density at radius 1 is 0.243 bits per heavy atom. The summed E-state index contributed by atoms with van der Waals surface area (Å²) >= 11 is 1.06. The van der Waals surface area contributed by atoms with Crippen molar-refractivity contribution in [3.63, 3.8) is 0 Å². The predicted octanol–water partition coefficient (Wildman–Crippen LogP) is 10.4. The summed E-state index contributed by atoms with van der Waals surface area (Å²) in [5.74, 6) is 0.879. The summed E-state index contributed by atoms with van der Waals surface area (Å²) in [6.07, 6.45) is 0. The topological polar surface area (TPSA) is 226 Å². The molecule has 0 unspecified atom stereocenters. The molecule has 9 heterocycles. The predicted molar refractivity (Wildman–Crippen MR) is 277 cm³/mol.